The summed E-state index contributed by atoms with van der Waals surface area (Å²) in [5, 5.41) is -0.359. The number of ether oxygens (including phenoxy) is 5. The molecule has 3 rings (SSSR count). The van der Waals surface area contributed by atoms with Crippen LogP contribution in [0.1, 0.15) is 10.4 Å². The molecule has 3 aromatic rings. The van der Waals surface area contributed by atoms with Gasteiger partial charge in [-0.2, -0.15) is 17.6 Å². The highest BCUT2D eigenvalue weighted by atomic mass is 19.4. The number of pyridine rings is 1. The number of hydrogen-bond donors (Lipinski definition) is 0. The summed E-state index contributed by atoms with van der Waals surface area (Å²) in [6.45, 7) is 0. The summed E-state index contributed by atoms with van der Waals surface area (Å²) in [4.78, 5) is 17.2. The number of aromatic nitrogens is 1. The predicted molar refractivity (Wildman–Crippen MR) is 107 cm³/mol. The average molecular weight is 493 g/mol. The molecule has 2 aromatic carbocycles. The number of carbonyl (C=O) groups is 1. The van der Waals surface area contributed by atoms with Gasteiger partial charge in [-0.3, -0.25) is 0 Å². The molecule has 184 valence electrons. The quantitative estimate of drug-likeness (QED) is 0.258. The Bertz CT molecular complexity index is 1180. The van der Waals surface area contributed by atoms with Crippen LogP contribution in [0.4, 0.5) is 26.3 Å². The summed E-state index contributed by atoms with van der Waals surface area (Å²) >= 11 is 0. The van der Waals surface area contributed by atoms with E-state index >= 15 is 0 Å². The van der Waals surface area contributed by atoms with Gasteiger partial charge in [0.1, 0.15) is 0 Å². The molecule has 1 unspecified atom stereocenters. The first kappa shape index (κ1) is 25.0. The van der Waals surface area contributed by atoms with Crippen LogP contribution in [0.3, 0.4) is 0 Å². The molecule has 34 heavy (non-hydrogen) atoms. The van der Waals surface area contributed by atoms with Crippen LogP contribution in [-0.2, 0) is 4.74 Å². The SMILES string of the molecule is COc1cc2nc3cc(OC)c(OC)cc3c(C(=O)OC(F)(C(F)F)C(F)(F)F)c2cc1OC. The zero-order valence-corrected chi connectivity index (χ0v) is 18.1. The van der Waals surface area contributed by atoms with E-state index in [0.29, 0.717) is 0 Å². The molecule has 13 heteroatoms. The zero-order chi connectivity index (χ0) is 25.4. The summed E-state index contributed by atoms with van der Waals surface area (Å²) in [5.41, 5.74) is -0.718. The maximum absolute atomic E-state index is 14.3. The fourth-order valence-corrected chi connectivity index (χ4v) is 3.23. The van der Waals surface area contributed by atoms with Gasteiger partial charge in [0.2, 0.25) is 0 Å². The standard InChI is InChI=1S/C21H17F6NO6/c1-30-13-5-9-11(7-15(13)32-3)28-12-8-16(33-4)14(31-2)6-10(12)17(9)18(29)34-20(24,19(22)23)21(25,26)27/h5-8,19H,1-4H3. The Morgan fingerprint density at radius 3 is 1.47 bits per heavy atom. The number of fused-ring (bicyclic) bond motifs is 2. The molecule has 0 amide bonds. The highest BCUT2D eigenvalue weighted by Crippen LogP contribution is 2.43. The van der Waals surface area contributed by atoms with Crippen molar-refractivity contribution in [3.63, 3.8) is 0 Å². The Morgan fingerprint density at radius 2 is 1.15 bits per heavy atom. The van der Waals surface area contributed by atoms with E-state index in [9.17, 15) is 31.1 Å². The molecule has 0 fully saturated rings. The van der Waals surface area contributed by atoms with Gasteiger partial charge in [-0.1, -0.05) is 0 Å². The van der Waals surface area contributed by atoms with E-state index in [2.05, 4.69) is 9.72 Å². The molecule has 0 aliphatic carbocycles. The van der Waals surface area contributed by atoms with Gasteiger partial charge in [-0.25, -0.2) is 18.6 Å². The first-order valence-corrected chi connectivity index (χ1v) is 9.30. The van der Waals surface area contributed by atoms with Crippen LogP contribution in [0.15, 0.2) is 24.3 Å². The van der Waals surface area contributed by atoms with Crippen molar-refractivity contribution in [2.24, 2.45) is 0 Å². The zero-order valence-electron chi connectivity index (χ0n) is 18.1. The minimum Gasteiger partial charge on any atom is -0.493 e. The topological polar surface area (TPSA) is 76.1 Å². The molecule has 7 nitrogen and oxygen atoms in total. The van der Waals surface area contributed by atoms with Crippen LogP contribution in [0.25, 0.3) is 21.8 Å². The van der Waals surface area contributed by atoms with E-state index in [1.165, 1.54) is 52.7 Å². The smallest absolute Gasteiger partial charge is 0.466 e. The summed E-state index contributed by atoms with van der Waals surface area (Å²) in [6.07, 6.45) is -10.9. The molecule has 1 aromatic heterocycles. The third kappa shape index (κ3) is 4.05. The molecule has 1 heterocycles. The fraction of sp³-hybridized carbons (Fsp3) is 0.333. The van der Waals surface area contributed by atoms with Gasteiger partial charge in [-0.05, 0) is 12.1 Å². The number of benzene rings is 2. The van der Waals surface area contributed by atoms with Gasteiger partial charge in [0.25, 0.3) is 0 Å². The third-order valence-electron chi connectivity index (χ3n) is 4.90. The first-order chi connectivity index (χ1) is 15.9. The monoisotopic (exact) mass is 493 g/mol. The second-order valence-electron chi connectivity index (χ2n) is 6.77. The molecule has 0 saturated heterocycles. The highest BCUT2D eigenvalue weighted by Gasteiger charge is 2.67. The summed E-state index contributed by atoms with van der Waals surface area (Å²) in [5.74, 6) is -7.23. The van der Waals surface area contributed by atoms with Crippen LogP contribution in [0.2, 0.25) is 0 Å². The van der Waals surface area contributed by atoms with Gasteiger partial charge in [0.15, 0.2) is 23.0 Å². The van der Waals surface area contributed by atoms with Crippen molar-refractivity contribution in [2.45, 2.75) is 18.5 Å². The van der Waals surface area contributed by atoms with Crippen LogP contribution in [0, 0.1) is 0 Å². The largest absolute Gasteiger partial charge is 0.493 e. The number of esters is 1. The minimum atomic E-state index is -6.21. The normalized spacial score (nSPS) is 13.6. The lowest BCUT2D eigenvalue weighted by Crippen LogP contribution is -2.51. The number of nitrogens with zero attached hydrogens (tertiary/aromatic N) is 1. The lowest BCUT2D eigenvalue weighted by Gasteiger charge is -2.27. The number of hydrogen-bond acceptors (Lipinski definition) is 7. The summed E-state index contributed by atoms with van der Waals surface area (Å²) < 4.78 is 104. The van der Waals surface area contributed by atoms with Crippen molar-refractivity contribution in [1.82, 2.24) is 4.98 Å². The number of methoxy groups -OCH3 is 4. The lowest BCUT2D eigenvalue weighted by atomic mass is 10.0. The van der Waals surface area contributed by atoms with Crippen molar-refractivity contribution in [3.05, 3.63) is 29.8 Å². The minimum absolute atomic E-state index is 0.0159. The molecule has 0 radical (unpaired) electrons. The first-order valence-electron chi connectivity index (χ1n) is 9.30. The molecule has 0 spiro atoms. The van der Waals surface area contributed by atoms with Crippen LogP contribution < -0.4 is 18.9 Å². The van der Waals surface area contributed by atoms with E-state index < -0.39 is 30.0 Å². The number of rotatable bonds is 7. The van der Waals surface area contributed by atoms with Gasteiger partial charge >= 0.3 is 24.4 Å². The second-order valence-corrected chi connectivity index (χ2v) is 6.77. The number of halogens is 6. The van der Waals surface area contributed by atoms with Gasteiger partial charge in [-0.15, -0.1) is 0 Å². The molecular weight excluding hydrogens is 476 g/mol. The van der Waals surface area contributed by atoms with Crippen molar-refractivity contribution in [1.29, 1.82) is 0 Å². The molecule has 0 aliphatic rings. The lowest BCUT2D eigenvalue weighted by molar-refractivity contribution is -0.349. The molecule has 0 saturated carbocycles. The Labute approximate surface area is 188 Å². The van der Waals surface area contributed by atoms with Gasteiger partial charge in [0, 0.05) is 22.9 Å². The average Bonchev–Trinajstić information content (AvgIpc) is 2.79. The Kier molecular flexibility index (Phi) is 6.58. The van der Waals surface area contributed by atoms with Crippen LogP contribution in [-0.4, -0.2) is 57.8 Å². The van der Waals surface area contributed by atoms with Crippen LogP contribution >= 0.6 is 0 Å². The third-order valence-corrected chi connectivity index (χ3v) is 4.90. The van der Waals surface area contributed by atoms with Gasteiger partial charge < -0.3 is 23.7 Å². The maximum Gasteiger partial charge on any atom is 0.466 e. The molecular formula is C21H17F6NO6. The number of carbonyl (C=O) groups excluding carboxylic acids is 1. The second kappa shape index (κ2) is 8.95. The van der Waals surface area contributed by atoms with Crippen molar-refractivity contribution in [2.75, 3.05) is 28.4 Å². The predicted octanol–water partition coefficient (Wildman–Crippen LogP) is 5.07. The Morgan fingerprint density at radius 1 is 0.765 bits per heavy atom. The molecule has 0 aliphatic heterocycles. The Hall–Kier alpha value is -3.64. The van der Waals surface area contributed by atoms with E-state index in [4.69, 9.17) is 18.9 Å². The number of alkyl halides is 6. The maximum atomic E-state index is 14.3. The molecule has 0 bridgehead atoms. The Balaban J connectivity index is 2.40. The van der Waals surface area contributed by atoms with Crippen molar-refractivity contribution >= 4 is 27.8 Å². The van der Waals surface area contributed by atoms with Crippen LogP contribution in [0.5, 0.6) is 23.0 Å². The highest BCUT2D eigenvalue weighted by molar-refractivity contribution is 6.15. The summed E-state index contributed by atoms with van der Waals surface area (Å²) in [6, 6.07) is 4.93. The van der Waals surface area contributed by atoms with Crippen molar-refractivity contribution < 1.29 is 54.8 Å². The van der Waals surface area contributed by atoms with E-state index in [0.717, 1.165) is 0 Å². The fourth-order valence-electron chi connectivity index (χ4n) is 3.23. The van der Waals surface area contributed by atoms with E-state index in [-0.39, 0.29) is 44.8 Å². The van der Waals surface area contributed by atoms with E-state index in [1.54, 1.807) is 0 Å². The van der Waals surface area contributed by atoms with Crippen molar-refractivity contribution in [3.8, 4) is 23.0 Å². The summed E-state index contributed by atoms with van der Waals surface area (Å²) in [7, 11) is 5.10. The molecule has 1 atom stereocenters. The molecule has 0 N–H and O–H groups in total. The van der Waals surface area contributed by atoms with Gasteiger partial charge in [0.05, 0.1) is 45.0 Å². The van der Waals surface area contributed by atoms with E-state index in [1.807, 2.05) is 0 Å².